The van der Waals surface area contributed by atoms with Gasteiger partial charge in [0, 0.05) is 29.9 Å². The Kier molecular flexibility index (Phi) is 5.47. The smallest absolute Gasteiger partial charge is 0.194 e. The van der Waals surface area contributed by atoms with Crippen LogP contribution in [0.4, 0.5) is 0 Å². The van der Waals surface area contributed by atoms with Crippen LogP contribution in [-0.4, -0.2) is 19.5 Å². The lowest BCUT2D eigenvalue weighted by Gasteiger charge is -2.24. The summed E-state index contributed by atoms with van der Waals surface area (Å²) in [5.74, 6) is 0.0827. The van der Waals surface area contributed by atoms with Gasteiger partial charge in [-0.3, -0.25) is 4.79 Å². The molecule has 0 saturated heterocycles. The van der Waals surface area contributed by atoms with Gasteiger partial charge in [-0.15, -0.1) is 0 Å². The second-order valence-electron chi connectivity index (χ2n) is 6.16. The average molecular weight is 336 g/mol. The predicted molar refractivity (Wildman–Crippen MR) is 103 cm³/mol. The first kappa shape index (κ1) is 17.6. The highest BCUT2D eigenvalue weighted by Gasteiger charge is 2.20. The Morgan fingerprint density at radius 1 is 0.840 bits per heavy atom. The molecule has 3 nitrogen and oxygen atoms in total. The van der Waals surface area contributed by atoms with Crippen molar-refractivity contribution in [3.05, 3.63) is 70.4 Å². The first-order valence-electron chi connectivity index (χ1n) is 8.84. The molecule has 130 valence electrons. The summed E-state index contributed by atoms with van der Waals surface area (Å²) in [4.78, 5) is 12.9. The highest BCUT2D eigenvalue weighted by molar-refractivity contribution is 5.93. The van der Waals surface area contributed by atoms with E-state index in [9.17, 15) is 4.79 Å². The fourth-order valence-electron chi connectivity index (χ4n) is 3.21. The van der Waals surface area contributed by atoms with Crippen LogP contribution in [0.3, 0.4) is 0 Å². The van der Waals surface area contributed by atoms with Crippen molar-refractivity contribution in [1.82, 2.24) is 0 Å². The topological polar surface area (TPSA) is 35.5 Å². The molecule has 3 aromatic carbocycles. The number of rotatable bonds is 6. The Labute approximate surface area is 148 Å². The summed E-state index contributed by atoms with van der Waals surface area (Å²) < 4.78 is 11.5. The summed E-state index contributed by atoms with van der Waals surface area (Å²) in [5, 5.41) is 3.39. The third kappa shape index (κ3) is 3.58. The molecule has 3 rings (SSSR count). The van der Waals surface area contributed by atoms with E-state index >= 15 is 0 Å². The van der Waals surface area contributed by atoms with Crippen molar-refractivity contribution in [1.29, 1.82) is 0 Å². The van der Waals surface area contributed by atoms with E-state index in [1.54, 1.807) is 0 Å². The summed E-state index contributed by atoms with van der Waals surface area (Å²) >= 11 is 0. The third-order valence-electron chi connectivity index (χ3n) is 4.56. The molecule has 0 radical (unpaired) electrons. The van der Waals surface area contributed by atoms with Gasteiger partial charge in [-0.25, -0.2) is 0 Å². The fourth-order valence-corrected chi connectivity index (χ4v) is 3.21. The summed E-state index contributed by atoms with van der Waals surface area (Å²) in [6.07, 6.45) is -0.282. The van der Waals surface area contributed by atoms with Crippen LogP contribution in [-0.2, 0) is 9.47 Å². The van der Waals surface area contributed by atoms with Gasteiger partial charge in [0.05, 0.1) is 0 Å². The second-order valence-corrected chi connectivity index (χ2v) is 6.16. The van der Waals surface area contributed by atoms with Crippen molar-refractivity contribution in [3.63, 3.8) is 0 Å². The minimum Gasteiger partial charge on any atom is -0.352 e. The van der Waals surface area contributed by atoms with E-state index < -0.39 is 0 Å². The van der Waals surface area contributed by atoms with Crippen LogP contribution in [0.15, 0.2) is 59.4 Å². The molecular formula is C22H24O3. The van der Waals surface area contributed by atoms with Gasteiger partial charge in [-0.1, -0.05) is 61.5 Å². The molecule has 0 aromatic heterocycles. The summed E-state index contributed by atoms with van der Waals surface area (Å²) in [6, 6.07) is 17.7. The van der Waals surface area contributed by atoms with Crippen LogP contribution in [0.1, 0.15) is 32.3 Å². The van der Waals surface area contributed by atoms with E-state index in [0.717, 1.165) is 27.1 Å². The van der Waals surface area contributed by atoms with Gasteiger partial charge in [0.1, 0.15) is 0 Å². The number of hydrogen-bond donors (Lipinski definition) is 0. The van der Waals surface area contributed by atoms with Gasteiger partial charge in [0.2, 0.25) is 0 Å². The SMILES string of the molecule is CCOC(OCC)C(C)c1ccc2c(=O)c3ccccc3ccc2c1. The fraction of sp³-hybridized carbons (Fsp3) is 0.318. The van der Waals surface area contributed by atoms with E-state index in [-0.39, 0.29) is 17.6 Å². The molecule has 0 N–H and O–H groups in total. The standard InChI is InChI=1S/C22H24O3/c1-4-24-22(25-5-2)15(3)17-12-13-20-18(14-17)11-10-16-8-6-7-9-19(16)21(20)23/h6-15,22H,4-5H2,1-3H3. The molecule has 0 aliphatic heterocycles. The molecule has 0 aliphatic carbocycles. The van der Waals surface area contributed by atoms with Gasteiger partial charge in [-0.2, -0.15) is 0 Å². The molecule has 3 heteroatoms. The maximum absolute atomic E-state index is 12.9. The lowest BCUT2D eigenvalue weighted by molar-refractivity contribution is -0.147. The van der Waals surface area contributed by atoms with Crippen molar-refractivity contribution in [2.45, 2.75) is 33.0 Å². The average Bonchev–Trinajstić information content (AvgIpc) is 2.78. The highest BCUT2D eigenvalue weighted by Crippen LogP contribution is 2.26. The maximum Gasteiger partial charge on any atom is 0.194 e. The summed E-state index contributed by atoms with van der Waals surface area (Å²) in [7, 11) is 0. The minimum absolute atomic E-state index is 0.0703. The number of benzene rings is 2. The van der Waals surface area contributed by atoms with Gasteiger partial charge in [-0.05, 0) is 30.2 Å². The second kappa shape index (κ2) is 7.77. The Bertz CT molecular complexity index is 927. The molecule has 1 atom stereocenters. The normalized spacial score (nSPS) is 12.8. The Morgan fingerprint density at radius 2 is 1.48 bits per heavy atom. The molecule has 0 aliphatic rings. The number of ether oxygens (including phenoxy) is 2. The zero-order valence-electron chi connectivity index (χ0n) is 15.0. The van der Waals surface area contributed by atoms with Crippen molar-refractivity contribution < 1.29 is 9.47 Å². The minimum atomic E-state index is -0.282. The van der Waals surface area contributed by atoms with Crippen LogP contribution < -0.4 is 5.43 Å². The molecule has 0 heterocycles. The van der Waals surface area contributed by atoms with Crippen molar-refractivity contribution in [2.24, 2.45) is 0 Å². The first-order chi connectivity index (χ1) is 12.2. The van der Waals surface area contributed by atoms with Crippen LogP contribution in [0, 0.1) is 0 Å². The zero-order valence-corrected chi connectivity index (χ0v) is 15.0. The highest BCUT2D eigenvalue weighted by atomic mass is 16.7. The van der Waals surface area contributed by atoms with Crippen molar-refractivity contribution in [2.75, 3.05) is 13.2 Å². The van der Waals surface area contributed by atoms with Gasteiger partial charge < -0.3 is 9.47 Å². The van der Waals surface area contributed by atoms with Gasteiger partial charge in [0.25, 0.3) is 0 Å². The number of fused-ring (bicyclic) bond motifs is 2. The Balaban J connectivity index is 2.11. The van der Waals surface area contributed by atoms with E-state index in [4.69, 9.17) is 9.47 Å². The Hall–Kier alpha value is -2.23. The molecule has 3 aromatic rings. The van der Waals surface area contributed by atoms with Crippen molar-refractivity contribution >= 4 is 21.5 Å². The molecule has 1 unspecified atom stereocenters. The molecule has 0 spiro atoms. The predicted octanol–water partition coefficient (Wildman–Crippen LogP) is 4.86. The first-order valence-corrected chi connectivity index (χ1v) is 8.84. The lowest BCUT2D eigenvalue weighted by Crippen LogP contribution is -2.24. The summed E-state index contributed by atoms with van der Waals surface area (Å²) in [5.41, 5.74) is 1.18. The quantitative estimate of drug-likeness (QED) is 0.603. The Morgan fingerprint density at radius 3 is 2.20 bits per heavy atom. The molecule has 25 heavy (non-hydrogen) atoms. The molecule has 0 amide bonds. The third-order valence-corrected chi connectivity index (χ3v) is 4.56. The largest absolute Gasteiger partial charge is 0.352 e. The monoisotopic (exact) mass is 336 g/mol. The van der Waals surface area contributed by atoms with Crippen LogP contribution in [0.5, 0.6) is 0 Å². The zero-order chi connectivity index (χ0) is 17.8. The number of hydrogen-bond acceptors (Lipinski definition) is 3. The van der Waals surface area contributed by atoms with E-state index in [1.807, 2.05) is 62.4 Å². The molecular weight excluding hydrogens is 312 g/mol. The molecule has 0 saturated carbocycles. The summed E-state index contributed by atoms with van der Waals surface area (Å²) in [6.45, 7) is 7.23. The van der Waals surface area contributed by atoms with Crippen LogP contribution in [0.25, 0.3) is 21.5 Å². The van der Waals surface area contributed by atoms with Gasteiger partial charge >= 0.3 is 0 Å². The van der Waals surface area contributed by atoms with Gasteiger partial charge in [0.15, 0.2) is 11.7 Å². The van der Waals surface area contributed by atoms with Crippen LogP contribution in [0.2, 0.25) is 0 Å². The molecule has 0 bridgehead atoms. The van der Waals surface area contributed by atoms with E-state index in [0.29, 0.717) is 13.2 Å². The van der Waals surface area contributed by atoms with Crippen molar-refractivity contribution in [3.8, 4) is 0 Å². The molecule has 0 fully saturated rings. The van der Waals surface area contributed by atoms with E-state index in [1.165, 1.54) is 0 Å². The maximum atomic E-state index is 12.9. The van der Waals surface area contributed by atoms with Crippen LogP contribution >= 0.6 is 0 Å². The van der Waals surface area contributed by atoms with E-state index in [2.05, 4.69) is 13.0 Å². The lowest BCUT2D eigenvalue weighted by atomic mass is 9.98.